The maximum absolute atomic E-state index is 6.24. The van der Waals surface area contributed by atoms with Crippen LogP contribution in [0.2, 0.25) is 0 Å². The minimum absolute atomic E-state index is 0.273. The molecule has 5 heteroatoms. The summed E-state index contributed by atoms with van der Waals surface area (Å²) in [4.78, 5) is 10.9. The highest BCUT2D eigenvalue weighted by Gasteiger charge is 2.21. The zero-order valence-corrected chi connectivity index (χ0v) is 12.1. The second-order valence-electron chi connectivity index (χ2n) is 5.84. The lowest BCUT2D eigenvalue weighted by atomic mass is 9.98. The molecule has 0 unspecified atom stereocenters. The molecule has 5 nitrogen and oxygen atoms in total. The zero-order valence-electron chi connectivity index (χ0n) is 12.1. The van der Waals surface area contributed by atoms with Crippen LogP contribution in [0, 0.1) is 0 Å². The molecule has 2 heterocycles. The number of nitrogen functional groups attached to an aromatic ring is 1. The lowest BCUT2D eigenvalue weighted by Gasteiger charge is -2.29. The van der Waals surface area contributed by atoms with Crippen molar-refractivity contribution in [3.63, 3.8) is 0 Å². The quantitative estimate of drug-likeness (QED) is 0.919. The topological polar surface area (TPSA) is 64.3 Å². The molecule has 1 saturated carbocycles. The Kier molecular flexibility index (Phi) is 4.23. The van der Waals surface area contributed by atoms with Gasteiger partial charge in [-0.15, -0.1) is 0 Å². The first-order valence-electron chi connectivity index (χ1n) is 7.86. The van der Waals surface area contributed by atoms with E-state index in [2.05, 4.69) is 14.9 Å². The minimum atomic E-state index is 0.273. The van der Waals surface area contributed by atoms with E-state index in [1.807, 2.05) is 0 Å². The summed E-state index contributed by atoms with van der Waals surface area (Å²) in [5.74, 6) is 1.43. The van der Waals surface area contributed by atoms with Crippen LogP contribution in [0.5, 0.6) is 5.88 Å². The van der Waals surface area contributed by atoms with Crippen molar-refractivity contribution in [2.75, 3.05) is 23.7 Å². The highest BCUT2D eigenvalue weighted by molar-refractivity contribution is 5.67. The maximum atomic E-state index is 6.24. The number of hydrogen-bond acceptors (Lipinski definition) is 5. The number of hydrogen-bond donors (Lipinski definition) is 1. The summed E-state index contributed by atoms with van der Waals surface area (Å²) in [6, 6.07) is 0. The molecule has 20 heavy (non-hydrogen) atoms. The fourth-order valence-electron chi connectivity index (χ4n) is 3.16. The Morgan fingerprint density at radius 2 is 1.70 bits per heavy atom. The van der Waals surface area contributed by atoms with E-state index >= 15 is 0 Å². The molecule has 0 radical (unpaired) electrons. The Hall–Kier alpha value is -1.52. The maximum Gasteiger partial charge on any atom is 0.242 e. The van der Waals surface area contributed by atoms with Crippen LogP contribution in [0.3, 0.4) is 0 Å². The molecule has 1 aromatic rings. The van der Waals surface area contributed by atoms with Crippen molar-refractivity contribution in [1.29, 1.82) is 0 Å². The molecular formula is C15H24N4O. The number of aromatic nitrogens is 2. The first-order valence-corrected chi connectivity index (χ1v) is 7.86. The van der Waals surface area contributed by atoms with Crippen molar-refractivity contribution < 1.29 is 4.74 Å². The van der Waals surface area contributed by atoms with Crippen molar-refractivity contribution in [3.8, 4) is 5.88 Å². The van der Waals surface area contributed by atoms with Crippen LogP contribution in [-0.2, 0) is 0 Å². The summed E-state index contributed by atoms with van der Waals surface area (Å²) >= 11 is 0. The average molecular weight is 276 g/mol. The Bertz CT molecular complexity index is 439. The lowest BCUT2D eigenvalue weighted by molar-refractivity contribution is 0.149. The summed E-state index contributed by atoms with van der Waals surface area (Å²) in [6.07, 6.45) is 11.6. The van der Waals surface area contributed by atoms with E-state index in [1.54, 1.807) is 6.33 Å². The highest BCUT2D eigenvalue weighted by Crippen LogP contribution is 2.32. The molecule has 0 amide bonds. The van der Waals surface area contributed by atoms with E-state index in [-0.39, 0.29) is 6.10 Å². The van der Waals surface area contributed by atoms with Gasteiger partial charge in [-0.05, 0) is 44.9 Å². The number of piperidine rings is 1. The molecule has 1 saturated heterocycles. The summed E-state index contributed by atoms with van der Waals surface area (Å²) in [6.45, 7) is 2.06. The third-order valence-corrected chi connectivity index (χ3v) is 4.31. The summed E-state index contributed by atoms with van der Waals surface area (Å²) in [5, 5.41) is 0. The normalized spacial score (nSPS) is 20.9. The van der Waals surface area contributed by atoms with Crippen LogP contribution in [0.25, 0.3) is 0 Å². The molecule has 0 spiro atoms. The molecule has 0 bridgehead atoms. The molecule has 0 atom stereocenters. The van der Waals surface area contributed by atoms with Gasteiger partial charge in [-0.2, -0.15) is 4.98 Å². The van der Waals surface area contributed by atoms with Crippen LogP contribution in [-0.4, -0.2) is 29.2 Å². The van der Waals surface area contributed by atoms with E-state index in [0.29, 0.717) is 11.6 Å². The van der Waals surface area contributed by atoms with Crippen molar-refractivity contribution in [3.05, 3.63) is 6.33 Å². The average Bonchev–Trinajstić information content (AvgIpc) is 2.51. The van der Waals surface area contributed by atoms with E-state index in [0.717, 1.165) is 31.7 Å². The van der Waals surface area contributed by atoms with Crippen LogP contribution in [0.4, 0.5) is 11.5 Å². The monoisotopic (exact) mass is 276 g/mol. The van der Waals surface area contributed by atoms with Gasteiger partial charge in [0.05, 0.1) is 0 Å². The fraction of sp³-hybridized carbons (Fsp3) is 0.733. The summed E-state index contributed by atoms with van der Waals surface area (Å²) < 4.78 is 6.01. The molecule has 1 aliphatic heterocycles. The number of nitrogens with zero attached hydrogens (tertiary/aromatic N) is 3. The predicted molar refractivity (Wildman–Crippen MR) is 80.0 cm³/mol. The van der Waals surface area contributed by atoms with E-state index in [4.69, 9.17) is 10.5 Å². The number of ether oxygens (including phenoxy) is 1. The van der Waals surface area contributed by atoms with Crippen molar-refractivity contribution >= 4 is 11.5 Å². The number of rotatable bonds is 3. The molecule has 2 aliphatic rings. The van der Waals surface area contributed by atoms with Gasteiger partial charge in [0.25, 0.3) is 0 Å². The Labute approximate surface area is 120 Å². The molecule has 3 rings (SSSR count). The van der Waals surface area contributed by atoms with Crippen molar-refractivity contribution in [1.82, 2.24) is 9.97 Å². The third-order valence-electron chi connectivity index (χ3n) is 4.31. The van der Waals surface area contributed by atoms with E-state index in [9.17, 15) is 0 Å². The summed E-state index contributed by atoms with van der Waals surface area (Å²) in [7, 11) is 0. The van der Waals surface area contributed by atoms with Crippen molar-refractivity contribution in [2.24, 2.45) is 0 Å². The first kappa shape index (κ1) is 13.5. The third kappa shape index (κ3) is 2.97. The van der Waals surface area contributed by atoms with Gasteiger partial charge in [-0.25, -0.2) is 4.98 Å². The second kappa shape index (κ2) is 6.29. The second-order valence-corrected chi connectivity index (χ2v) is 5.84. The molecule has 2 fully saturated rings. The molecule has 2 N–H and O–H groups in total. The van der Waals surface area contributed by atoms with E-state index in [1.165, 1.54) is 38.5 Å². The molecule has 1 aliphatic carbocycles. The van der Waals surface area contributed by atoms with E-state index < -0.39 is 0 Å². The van der Waals surface area contributed by atoms with Crippen LogP contribution >= 0.6 is 0 Å². The van der Waals surface area contributed by atoms with Gasteiger partial charge >= 0.3 is 0 Å². The Morgan fingerprint density at radius 1 is 1.00 bits per heavy atom. The fourth-order valence-corrected chi connectivity index (χ4v) is 3.16. The minimum Gasteiger partial charge on any atom is -0.473 e. The van der Waals surface area contributed by atoms with Gasteiger partial charge in [0.15, 0.2) is 5.82 Å². The number of nitrogens with two attached hydrogens (primary N) is 1. The standard InChI is InChI=1S/C15H24N4O/c16-13-14(19-9-5-2-6-10-19)17-11-18-15(13)20-12-7-3-1-4-8-12/h11-12H,1-10,16H2. The summed E-state index contributed by atoms with van der Waals surface area (Å²) in [5.41, 5.74) is 6.85. The van der Waals surface area contributed by atoms with Gasteiger partial charge in [-0.1, -0.05) is 6.42 Å². The highest BCUT2D eigenvalue weighted by atomic mass is 16.5. The SMILES string of the molecule is Nc1c(OC2CCCCC2)ncnc1N1CCCCC1. The van der Waals surface area contributed by atoms with Gasteiger partial charge in [0.1, 0.15) is 18.1 Å². The van der Waals surface area contributed by atoms with Gasteiger partial charge < -0.3 is 15.4 Å². The van der Waals surface area contributed by atoms with Crippen LogP contribution < -0.4 is 15.4 Å². The van der Waals surface area contributed by atoms with Crippen LogP contribution in [0.1, 0.15) is 51.4 Å². The predicted octanol–water partition coefficient (Wildman–Crippen LogP) is 2.76. The molecular weight excluding hydrogens is 252 g/mol. The molecule has 1 aromatic heterocycles. The van der Waals surface area contributed by atoms with Crippen LogP contribution in [0.15, 0.2) is 6.33 Å². The van der Waals surface area contributed by atoms with Gasteiger partial charge in [-0.3, -0.25) is 0 Å². The first-order chi connectivity index (χ1) is 9.84. The Balaban J connectivity index is 1.74. The zero-order chi connectivity index (χ0) is 13.8. The largest absolute Gasteiger partial charge is 0.473 e. The lowest BCUT2D eigenvalue weighted by Crippen LogP contribution is -2.31. The van der Waals surface area contributed by atoms with Gasteiger partial charge in [0.2, 0.25) is 5.88 Å². The van der Waals surface area contributed by atoms with Crippen molar-refractivity contribution in [2.45, 2.75) is 57.5 Å². The Morgan fingerprint density at radius 3 is 2.45 bits per heavy atom. The molecule has 110 valence electrons. The van der Waals surface area contributed by atoms with Gasteiger partial charge in [0, 0.05) is 13.1 Å². The number of anilines is 2. The smallest absolute Gasteiger partial charge is 0.242 e. The molecule has 0 aromatic carbocycles.